The van der Waals surface area contributed by atoms with Gasteiger partial charge in [0.05, 0.1) is 12.2 Å². The molecule has 0 aromatic carbocycles. The topological polar surface area (TPSA) is 18.5 Å². The van der Waals surface area contributed by atoms with Crippen LogP contribution in [0.15, 0.2) is 0 Å². The standard InChI is InChI=1S/C8H14F2O2/c1-11-5-3-4-6(12-2)8(10)7(5)9/h5-8H,3-4H2,1-2H3. The number of halogens is 2. The second-order valence-electron chi connectivity index (χ2n) is 3.01. The summed E-state index contributed by atoms with van der Waals surface area (Å²) in [6.45, 7) is 0. The van der Waals surface area contributed by atoms with Crippen LogP contribution in [0.3, 0.4) is 0 Å². The zero-order valence-electron chi connectivity index (χ0n) is 7.30. The maximum absolute atomic E-state index is 13.1. The molecule has 0 heterocycles. The van der Waals surface area contributed by atoms with E-state index in [2.05, 4.69) is 0 Å². The molecule has 1 saturated carbocycles. The lowest BCUT2D eigenvalue weighted by molar-refractivity contribution is -0.0964. The van der Waals surface area contributed by atoms with E-state index in [0.717, 1.165) is 0 Å². The molecular weight excluding hydrogens is 166 g/mol. The molecule has 72 valence electrons. The predicted molar refractivity (Wildman–Crippen MR) is 40.6 cm³/mol. The van der Waals surface area contributed by atoms with E-state index in [-0.39, 0.29) is 0 Å². The van der Waals surface area contributed by atoms with Gasteiger partial charge in [0, 0.05) is 14.2 Å². The molecule has 0 amide bonds. The maximum atomic E-state index is 13.1. The van der Waals surface area contributed by atoms with Crippen molar-refractivity contribution in [3.05, 3.63) is 0 Å². The minimum Gasteiger partial charge on any atom is -0.378 e. The Morgan fingerprint density at radius 1 is 0.917 bits per heavy atom. The molecule has 4 atom stereocenters. The van der Waals surface area contributed by atoms with Gasteiger partial charge in [0.15, 0.2) is 12.3 Å². The highest BCUT2D eigenvalue weighted by molar-refractivity contribution is 4.89. The minimum atomic E-state index is -1.55. The Morgan fingerprint density at radius 3 is 1.50 bits per heavy atom. The third-order valence-corrected chi connectivity index (χ3v) is 2.36. The first kappa shape index (κ1) is 9.86. The third-order valence-electron chi connectivity index (χ3n) is 2.36. The lowest BCUT2D eigenvalue weighted by Gasteiger charge is -2.32. The molecule has 1 aliphatic carbocycles. The molecule has 0 aliphatic heterocycles. The van der Waals surface area contributed by atoms with Crippen molar-refractivity contribution in [1.29, 1.82) is 0 Å². The van der Waals surface area contributed by atoms with Gasteiger partial charge < -0.3 is 9.47 Å². The Balaban J connectivity index is 2.52. The van der Waals surface area contributed by atoms with Crippen LogP contribution >= 0.6 is 0 Å². The molecule has 2 nitrogen and oxygen atoms in total. The summed E-state index contributed by atoms with van der Waals surface area (Å²) in [4.78, 5) is 0. The van der Waals surface area contributed by atoms with E-state index in [0.29, 0.717) is 12.8 Å². The number of hydrogen-bond acceptors (Lipinski definition) is 2. The van der Waals surface area contributed by atoms with Crippen molar-refractivity contribution in [2.45, 2.75) is 37.4 Å². The van der Waals surface area contributed by atoms with E-state index >= 15 is 0 Å². The molecule has 1 fully saturated rings. The van der Waals surface area contributed by atoms with Gasteiger partial charge in [0.2, 0.25) is 0 Å². The summed E-state index contributed by atoms with van der Waals surface area (Å²) in [5.74, 6) is 0. The summed E-state index contributed by atoms with van der Waals surface area (Å²) in [5.41, 5.74) is 0. The molecule has 0 spiro atoms. The van der Waals surface area contributed by atoms with Crippen molar-refractivity contribution >= 4 is 0 Å². The van der Waals surface area contributed by atoms with Crippen LogP contribution in [0, 0.1) is 0 Å². The molecule has 1 aliphatic rings. The largest absolute Gasteiger partial charge is 0.378 e. The Labute approximate surface area is 70.8 Å². The normalized spacial score (nSPS) is 43.0. The first-order valence-corrected chi connectivity index (χ1v) is 4.04. The van der Waals surface area contributed by atoms with Crippen LogP contribution in [0.2, 0.25) is 0 Å². The average molecular weight is 180 g/mol. The van der Waals surface area contributed by atoms with Gasteiger partial charge in [-0.1, -0.05) is 0 Å². The van der Waals surface area contributed by atoms with E-state index in [1.54, 1.807) is 0 Å². The van der Waals surface area contributed by atoms with E-state index < -0.39 is 24.6 Å². The molecule has 12 heavy (non-hydrogen) atoms. The van der Waals surface area contributed by atoms with Crippen LogP contribution in [0.5, 0.6) is 0 Å². The Bertz CT molecular complexity index is 127. The lowest BCUT2D eigenvalue weighted by Crippen LogP contribution is -2.45. The lowest BCUT2D eigenvalue weighted by atomic mass is 9.91. The molecule has 0 radical (unpaired) electrons. The zero-order chi connectivity index (χ0) is 9.14. The van der Waals surface area contributed by atoms with Crippen LogP contribution in [-0.4, -0.2) is 38.8 Å². The van der Waals surface area contributed by atoms with Crippen molar-refractivity contribution in [2.75, 3.05) is 14.2 Å². The zero-order valence-corrected chi connectivity index (χ0v) is 7.30. The predicted octanol–water partition coefficient (Wildman–Crippen LogP) is 1.49. The molecule has 0 aromatic rings. The summed E-state index contributed by atoms with van der Waals surface area (Å²) in [6, 6.07) is 0. The van der Waals surface area contributed by atoms with Gasteiger partial charge in [-0.15, -0.1) is 0 Å². The summed E-state index contributed by atoms with van der Waals surface area (Å²) in [6.07, 6.45) is -3.26. The van der Waals surface area contributed by atoms with Gasteiger partial charge in [-0.3, -0.25) is 0 Å². The van der Waals surface area contributed by atoms with E-state index in [1.807, 2.05) is 0 Å². The molecule has 4 unspecified atom stereocenters. The molecule has 0 bridgehead atoms. The fraction of sp³-hybridized carbons (Fsp3) is 1.00. The molecule has 1 rings (SSSR count). The number of methoxy groups -OCH3 is 2. The Hall–Kier alpha value is -0.220. The Morgan fingerprint density at radius 2 is 1.25 bits per heavy atom. The van der Waals surface area contributed by atoms with Gasteiger partial charge >= 0.3 is 0 Å². The molecule has 0 saturated heterocycles. The Kier molecular flexibility index (Phi) is 3.40. The van der Waals surface area contributed by atoms with Crippen molar-refractivity contribution < 1.29 is 18.3 Å². The summed E-state index contributed by atoms with van der Waals surface area (Å²) >= 11 is 0. The molecule has 0 N–H and O–H groups in total. The number of hydrogen-bond donors (Lipinski definition) is 0. The second kappa shape index (κ2) is 4.14. The van der Waals surface area contributed by atoms with Crippen LogP contribution in [0.25, 0.3) is 0 Å². The summed E-state index contributed by atoms with van der Waals surface area (Å²) in [7, 11) is 2.80. The van der Waals surface area contributed by atoms with Crippen LogP contribution < -0.4 is 0 Å². The number of rotatable bonds is 2. The van der Waals surface area contributed by atoms with Gasteiger partial charge in [0.25, 0.3) is 0 Å². The van der Waals surface area contributed by atoms with Gasteiger partial charge in [-0.2, -0.15) is 0 Å². The summed E-state index contributed by atoms with van der Waals surface area (Å²) < 4.78 is 35.8. The minimum absolute atomic E-state index is 0.524. The third kappa shape index (κ3) is 1.75. The van der Waals surface area contributed by atoms with Gasteiger partial charge in [-0.05, 0) is 12.8 Å². The van der Waals surface area contributed by atoms with Crippen molar-refractivity contribution in [2.24, 2.45) is 0 Å². The fourth-order valence-corrected chi connectivity index (χ4v) is 1.55. The second-order valence-corrected chi connectivity index (χ2v) is 3.01. The first-order chi connectivity index (χ1) is 5.70. The van der Waals surface area contributed by atoms with Gasteiger partial charge in [0.1, 0.15) is 0 Å². The van der Waals surface area contributed by atoms with E-state index in [4.69, 9.17) is 9.47 Å². The average Bonchev–Trinajstić information content (AvgIpc) is 2.10. The monoisotopic (exact) mass is 180 g/mol. The maximum Gasteiger partial charge on any atom is 0.160 e. The quantitative estimate of drug-likeness (QED) is 0.641. The first-order valence-electron chi connectivity index (χ1n) is 4.04. The fourth-order valence-electron chi connectivity index (χ4n) is 1.55. The molecule has 4 heteroatoms. The van der Waals surface area contributed by atoms with Crippen LogP contribution in [-0.2, 0) is 9.47 Å². The molecular formula is C8H14F2O2. The highest BCUT2D eigenvalue weighted by Gasteiger charge is 2.40. The van der Waals surface area contributed by atoms with Crippen LogP contribution in [0.4, 0.5) is 8.78 Å². The SMILES string of the molecule is COC1CCC(OC)C(F)C1F. The highest BCUT2D eigenvalue weighted by atomic mass is 19.2. The van der Waals surface area contributed by atoms with E-state index in [9.17, 15) is 8.78 Å². The van der Waals surface area contributed by atoms with Crippen molar-refractivity contribution in [3.8, 4) is 0 Å². The smallest absolute Gasteiger partial charge is 0.160 e. The highest BCUT2D eigenvalue weighted by Crippen LogP contribution is 2.28. The summed E-state index contributed by atoms with van der Waals surface area (Å²) in [5, 5.41) is 0. The number of alkyl halides is 2. The van der Waals surface area contributed by atoms with E-state index in [1.165, 1.54) is 14.2 Å². The van der Waals surface area contributed by atoms with Crippen molar-refractivity contribution in [1.82, 2.24) is 0 Å². The van der Waals surface area contributed by atoms with Crippen LogP contribution in [0.1, 0.15) is 12.8 Å². The molecule has 0 aromatic heterocycles. The van der Waals surface area contributed by atoms with Crippen molar-refractivity contribution in [3.63, 3.8) is 0 Å². The van der Waals surface area contributed by atoms with Gasteiger partial charge in [-0.25, -0.2) is 8.78 Å². The number of ether oxygens (including phenoxy) is 2.